The molecule has 2 aromatic carbocycles. The van der Waals surface area contributed by atoms with Crippen molar-refractivity contribution in [2.45, 2.75) is 59.3 Å². The second-order valence-corrected chi connectivity index (χ2v) is 8.92. The molecule has 0 saturated carbocycles. The molecule has 4 aromatic rings. The third kappa shape index (κ3) is 4.88. The van der Waals surface area contributed by atoms with Crippen molar-refractivity contribution in [1.82, 2.24) is 9.97 Å². The van der Waals surface area contributed by atoms with Gasteiger partial charge in [-0.2, -0.15) is 5.26 Å². The largest absolute Gasteiger partial charge is 0.491 e. The van der Waals surface area contributed by atoms with Crippen molar-refractivity contribution < 1.29 is 4.74 Å². The smallest absolute Gasteiger partial charge is 0.143 e. The number of nitrogens with one attached hydrogen (secondary N) is 1. The summed E-state index contributed by atoms with van der Waals surface area (Å²) in [6.07, 6.45) is 8.50. The van der Waals surface area contributed by atoms with Gasteiger partial charge >= 0.3 is 0 Å². The Labute approximate surface area is 196 Å². The lowest BCUT2D eigenvalue weighted by atomic mass is 9.96. The monoisotopic (exact) mass is 439 g/mol. The number of H-pyrrole nitrogens is 1. The molecule has 0 atom stereocenters. The zero-order chi connectivity index (χ0) is 23.2. The third-order valence-corrected chi connectivity index (χ3v) is 6.34. The normalized spacial score (nSPS) is 11.4. The van der Waals surface area contributed by atoms with Gasteiger partial charge in [0.15, 0.2) is 0 Å². The van der Waals surface area contributed by atoms with Crippen LogP contribution in [0.1, 0.15) is 64.0 Å². The number of aromatic amines is 1. The van der Waals surface area contributed by atoms with E-state index < -0.39 is 0 Å². The van der Waals surface area contributed by atoms with E-state index in [2.05, 4.69) is 73.2 Å². The summed E-state index contributed by atoms with van der Waals surface area (Å²) in [5, 5.41) is 11.5. The van der Waals surface area contributed by atoms with Gasteiger partial charge in [-0.1, -0.05) is 64.3 Å². The molecule has 0 bridgehead atoms. The van der Waals surface area contributed by atoms with E-state index in [0.717, 1.165) is 46.1 Å². The highest BCUT2D eigenvalue weighted by Crippen LogP contribution is 2.39. The van der Waals surface area contributed by atoms with E-state index >= 15 is 0 Å². The predicted molar refractivity (Wildman–Crippen MR) is 137 cm³/mol. The Kier molecular flexibility index (Phi) is 7.29. The number of nitriles is 1. The molecule has 0 saturated heterocycles. The first-order valence-corrected chi connectivity index (χ1v) is 12.2. The summed E-state index contributed by atoms with van der Waals surface area (Å²) >= 11 is 0. The van der Waals surface area contributed by atoms with Crippen LogP contribution in [0.2, 0.25) is 0 Å². The van der Waals surface area contributed by atoms with Gasteiger partial charge in [-0.25, -0.2) is 4.98 Å². The molecule has 0 aliphatic rings. The Bertz CT molecular complexity index is 1280. The van der Waals surface area contributed by atoms with Crippen molar-refractivity contribution in [1.29, 1.82) is 5.26 Å². The van der Waals surface area contributed by atoms with E-state index in [1.165, 1.54) is 36.8 Å². The van der Waals surface area contributed by atoms with Crippen LogP contribution in [0.15, 0.2) is 48.7 Å². The van der Waals surface area contributed by atoms with Crippen LogP contribution in [0.5, 0.6) is 5.75 Å². The molecule has 0 unspecified atom stereocenters. The van der Waals surface area contributed by atoms with Crippen LogP contribution in [0.3, 0.4) is 0 Å². The topological polar surface area (TPSA) is 61.7 Å². The Morgan fingerprint density at radius 1 is 1.03 bits per heavy atom. The summed E-state index contributed by atoms with van der Waals surface area (Å²) in [6, 6.07) is 17.2. The van der Waals surface area contributed by atoms with Crippen molar-refractivity contribution in [3.8, 4) is 22.9 Å². The van der Waals surface area contributed by atoms with Gasteiger partial charge in [0, 0.05) is 17.0 Å². The van der Waals surface area contributed by atoms with Crippen LogP contribution in [0.4, 0.5) is 0 Å². The fourth-order valence-corrected chi connectivity index (χ4v) is 4.80. The Balaban J connectivity index is 1.85. The zero-order valence-electron chi connectivity index (χ0n) is 19.9. The highest BCUT2D eigenvalue weighted by molar-refractivity contribution is 6.15. The molecular formula is C29H33N3O. The minimum atomic E-state index is 0.561. The van der Waals surface area contributed by atoms with Gasteiger partial charge in [0.1, 0.15) is 17.5 Å². The number of aryl methyl sites for hydroxylation is 1. The molecule has 1 N–H and O–H groups in total. The van der Waals surface area contributed by atoms with Crippen LogP contribution in [-0.2, 0) is 6.42 Å². The molecule has 0 amide bonds. The van der Waals surface area contributed by atoms with E-state index in [4.69, 9.17) is 4.74 Å². The van der Waals surface area contributed by atoms with Crippen molar-refractivity contribution in [2.24, 2.45) is 5.92 Å². The maximum Gasteiger partial charge on any atom is 0.143 e. The standard InChI is InChI=1S/C29H33N3O/c1-4-8-20-11-7-12-23(15-20)24-13-14-26(33-19-21(9-5-2)10-6-3)28-27(24)25-16-22(17-30)18-31-29(25)32-28/h7,11-16,18,21H,4-6,8-10,19H2,1-3H3,(H,31,32). The fourth-order valence-electron chi connectivity index (χ4n) is 4.80. The first-order chi connectivity index (χ1) is 16.2. The van der Waals surface area contributed by atoms with E-state index in [0.29, 0.717) is 18.1 Å². The van der Waals surface area contributed by atoms with Crippen LogP contribution in [0.25, 0.3) is 33.1 Å². The number of rotatable bonds is 10. The van der Waals surface area contributed by atoms with E-state index in [1.807, 2.05) is 6.07 Å². The number of ether oxygens (including phenoxy) is 1. The molecule has 4 nitrogen and oxygen atoms in total. The lowest BCUT2D eigenvalue weighted by molar-refractivity contribution is 0.231. The number of pyridine rings is 1. The van der Waals surface area contributed by atoms with Crippen molar-refractivity contribution in [2.75, 3.05) is 6.61 Å². The molecule has 4 heteroatoms. The molecule has 0 aliphatic heterocycles. The summed E-state index contributed by atoms with van der Waals surface area (Å²) in [7, 11) is 0. The molecule has 0 aliphatic carbocycles. The second-order valence-electron chi connectivity index (χ2n) is 8.92. The number of aromatic nitrogens is 2. The van der Waals surface area contributed by atoms with Crippen molar-refractivity contribution in [3.63, 3.8) is 0 Å². The van der Waals surface area contributed by atoms with Crippen LogP contribution >= 0.6 is 0 Å². The van der Waals surface area contributed by atoms with Gasteiger partial charge < -0.3 is 9.72 Å². The molecule has 4 rings (SSSR count). The number of nitrogens with zero attached hydrogens (tertiary/aromatic N) is 2. The first kappa shape index (κ1) is 22.9. The maximum atomic E-state index is 9.46. The van der Waals surface area contributed by atoms with Crippen molar-refractivity contribution in [3.05, 3.63) is 59.8 Å². The fraction of sp³-hybridized carbons (Fsp3) is 0.379. The first-order valence-electron chi connectivity index (χ1n) is 12.2. The highest BCUT2D eigenvalue weighted by Gasteiger charge is 2.17. The Morgan fingerprint density at radius 3 is 2.58 bits per heavy atom. The summed E-state index contributed by atoms with van der Waals surface area (Å²) in [6.45, 7) is 7.39. The molecule has 0 fully saturated rings. The van der Waals surface area contributed by atoms with Gasteiger partial charge in [0.2, 0.25) is 0 Å². The van der Waals surface area contributed by atoms with Crippen LogP contribution in [-0.4, -0.2) is 16.6 Å². The average Bonchev–Trinajstić information content (AvgIpc) is 3.22. The second kappa shape index (κ2) is 10.5. The number of fused-ring (bicyclic) bond motifs is 3. The van der Waals surface area contributed by atoms with Crippen LogP contribution in [0, 0.1) is 17.2 Å². The lowest BCUT2D eigenvalue weighted by Crippen LogP contribution is -2.12. The van der Waals surface area contributed by atoms with Gasteiger partial charge in [-0.3, -0.25) is 0 Å². The summed E-state index contributed by atoms with van der Waals surface area (Å²) in [5.41, 5.74) is 5.95. The summed E-state index contributed by atoms with van der Waals surface area (Å²) in [4.78, 5) is 8.02. The third-order valence-electron chi connectivity index (χ3n) is 6.34. The molecule has 2 aromatic heterocycles. The maximum absolute atomic E-state index is 9.46. The molecule has 170 valence electrons. The predicted octanol–water partition coefficient (Wildman–Crippen LogP) is 7.80. The van der Waals surface area contributed by atoms with Crippen LogP contribution < -0.4 is 4.74 Å². The van der Waals surface area contributed by atoms with Gasteiger partial charge in [0.25, 0.3) is 0 Å². The lowest BCUT2D eigenvalue weighted by Gasteiger charge is -2.17. The summed E-state index contributed by atoms with van der Waals surface area (Å²) in [5.74, 6) is 1.42. The van der Waals surface area contributed by atoms with Gasteiger partial charge in [-0.15, -0.1) is 0 Å². The number of hydrogen-bond acceptors (Lipinski definition) is 3. The Hall–Kier alpha value is -3.32. The quantitative estimate of drug-likeness (QED) is 0.274. The average molecular weight is 440 g/mol. The van der Waals surface area contributed by atoms with Crippen molar-refractivity contribution >= 4 is 21.9 Å². The molecule has 0 spiro atoms. The zero-order valence-corrected chi connectivity index (χ0v) is 19.9. The molecule has 2 heterocycles. The number of hydrogen-bond donors (Lipinski definition) is 1. The Morgan fingerprint density at radius 2 is 1.85 bits per heavy atom. The minimum absolute atomic E-state index is 0.561. The minimum Gasteiger partial charge on any atom is -0.491 e. The molecule has 33 heavy (non-hydrogen) atoms. The van der Waals surface area contributed by atoms with E-state index in [-0.39, 0.29) is 0 Å². The van der Waals surface area contributed by atoms with Gasteiger partial charge in [-0.05, 0) is 60.1 Å². The molecular weight excluding hydrogens is 406 g/mol. The molecule has 0 radical (unpaired) electrons. The van der Waals surface area contributed by atoms with E-state index in [9.17, 15) is 5.26 Å². The highest BCUT2D eigenvalue weighted by atomic mass is 16.5. The number of benzene rings is 2. The van der Waals surface area contributed by atoms with E-state index in [1.54, 1.807) is 6.20 Å². The summed E-state index contributed by atoms with van der Waals surface area (Å²) < 4.78 is 6.40. The SMILES string of the molecule is CCCc1cccc(-c2ccc(OCC(CCC)CCC)c3[nH]c4ncc(C#N)cc4c23)c1. The van der Waals surface area contributed by atoms with Gasteiger partial charge in [0.05, 0.1) is 17.7 Å².